The minimum atomic E-state index is -0.374. The molecule has 2 amide bonds. The third-order valence-electron chi connectivity index (χ3n) is 5.57. The first-order valence-electron chi connectivity index (χ1n) is 11.5. The van der Waals surface area contributed by atoms with Gasteiger partial charge >= 0.3 is 0 Å². The number of carbonyl (C=O) groups is 2. The zero-order valence-corrected chi connectivity index (χ0v) is 20.4. The van der Waals surface area contributed by atoms with Crippen LogP contribution in [0.15, 0.2) is 79.0 Å². The molecule has 37 heavy (non-hydrogen) atoms. The molecular weight excluding hydrogens is 472 g/mol. The highest BCUT2D eigenvalue weighted by Gasteiger charge is 2.17. The average molecular weight is 499 g/mol. The highest BCUT2D eigenvalue weighted by molar-refractivity contribution is 6.05. The lowest BCUT2D eigenvalue weighted by Crippen LogP contribution is -2.18. The molecule has 0 radical (unpaired) electrons. The number of nitrogens with one attached hydrogen (secondary N) is 2. The average Bonchev–Trinajstić information content (AvgIpc) is 2.94. The minimum absolute atomic E-state index is 0.0457. The summed E-state index contributed by atoms with van der Waals surface area (Å²) in [6, 6.07) is 21.0. The van der Waals surface area contributed by atoms with Gasteiger partial charge in [0.05, 0.1) is 20.8 Å². The lowest BCUT2D eigenvalue weighted by molar-refractivity contribution is 0.101. The molecule has 1 aromatic heterocycles. The summed E-state index contributed by atoms with van der Waals surface area (Å²) in [6.45, 7) is -0.244. The van der Waals surface area contributed by atoms with E-state index >= 15 is 0 Å². The Balaban J connectivity index is 1.68. The number of aliphatic hydroxyl groups is 1. The molecule has 4 aromatic rings. The van der Waals surface area contributed by atoms with Crippen LogP contribution in [0.2, 0.25) is 0 Å². The number of nitrogens with zero attached hydrogens (tertiary/aromatic N) is 2. The highest BCUT2D eigenvalue weighted by Crippen LogP contribution is 2.34. The van der Waals surface area contributed by atoms with Gasteiger partial charge in [0.1, 0.15) is 5.82 Å². The fraction of sp³-hybridized carbons (Fsp3) is 0.143. The fourth-order valence-electron chi connectivity index (χ4n) is 3.78. The Morgan fingerprint density at radius 2 is 1.46 bits per heavy atom. The zero-order chi connectivity index (χ0) is 26.2. The van der Waals surface area contributed by atoms with Crippen LogP contribution in [0.1, 0.15) is 37.4 Å². The molecule has 9 nitrogen and oxygen atoms in total. The van der Waals surface area contributed by atoms with Gasteiger partial charge in [-0.15, -0.1) is 0 Å². The summed E-state index contributed by atoms with van der Waals surface area (Å²) >= 11 is 0. The van der Waals surface area contributed by atoms with Gasteiger partial charge < -0.3 is 19.9 Å². The molecule has 3 N–H and O–H groups in total. The summed E-state index contributed by atoms with van der Waals surface area (Å²) in [6.07, 6.45) is 1.86. The smallest absolute Gasteiger partial charge is 0.258 e. The molecule has 188 valence electrons. The molecule has 1 heterocycles. The van der Waals surface area contributed by atoms with Crippen LogP contribution in [0.4, 0.5) is 11.8 Å². The molecule has 9 heteroatoms. The Labute approximate surface area is 214 Å². The molecule has 0 fully saturated rings. The number of rotatable bonds is 9. The van der Waals surface area contributed by atoms with E-state index in [9.17, 15) is 14.7 Å². The summed E-state index contributed by atoms with van der Waals surface area (Å²) in [5.74, 6) is 0.468. The first-order chi connectivity index (χ1) is 18.0. The van der Waals surface area contributed by atoms with Crippen LogP contribution >= 0.6 is 0 Å². The largest absolute Gasteiger partial charge is 0.493 e. The Morgan fingerprint density at radius 3 is 2.03 bits per heavy atom. The van der Waals surface area contributed by atoms with Gasteiger partial charge in [-0.25, -0.2) is 4.98 Å². The lowest BCUT2D eigenvalue weighted by atomic mass is 10.0. The topological polar surface area (TPSA) is 123 Å². The van der Waals surface area contributed by atoms with Crippen LogP contribution in [-0.4, -0.2) is 41.1 Å². The SMILES string of the molecule is COc1cc(Cc2cnc(NC(=O)c3ccccc3)nc2NC(=O)c2ccccc2)cc(CO)c1OC. The molecule has 0 bridgehead atoms. The summed E-state index contributed by atoms with van der Waals surface area (Å²) in [7, 11) is 3.02. The highest BCUT2D eigenvalue weighted by atomic mass is 16.5. The van der Waals surface area contributed by atoms with E-state index in [1.54, 1.807) is 66.9 Å². The van der Waals surface area contributed by atoms with E-state index < -0.39 is 0 Å². The Bertz CT molecular complexity index is 1370. The van der Waals surface area contributed by atoms with Crippen molar-refractivity contribution in [2.75, 3.05) is 24.9 Å². The van der Waals surface area contributed by atoms with E-state index in [2.05, 4.69) is 20.6 Å². The molecular formula is C28H26N4O5. The quantitative estimate of drug-likeness (QED) is 0.318. The van der Waals surface area contributed by atoms with Crippen LogP contribution in [0.5, 0.6) is 11.5 Å². The van der Waals surface area contributed by atoms with E-state index in [0.717, 1.165) is 5.56 Å². The molecule has 0 aliphatic rings. The molecule has 0 saturated carbocycles. The van der Waals surface area contributed by atoms with Gasteiger partial charge in [0, 0.05) is 34.9 Å². The van der Waals surface area contributed by atoms with Gasteiger partial charge in [-0.05, 0) is 42.0 Å². The van der Waals surface area contributed by atoms with Crippen LogP contribution < -0.4 is 20.1 Å². The van der Waals surface area contributed by atoms with Crippen molar-refractivity contribution >= 4 is 23.6 Å². The molecule has 4 rings (SSSR count). The number of benzene rings is 3. The Hall–Kier alpha value is -4.76. The second-order valence-corrected chi connectivity index (χ2v) is 8.03. The predicted octanol–water partition coefficient (Wildman–Crippen LogP) is 4.08. The van der Waals surface area contributed by atoms with E-state index in [1.807, 2.05) is 12.1 Å². The van der Waals surface area contributed by atoms with Crippen molar-refractivity contribution in [1.82, 2.24) is 9.97 Å². The molecule has 0 spiro atoms. The summed E-state index contributed by atoms with van der Waals surface area (Å²) in [5, 5.41) is 15.3. The van der Waals surface area contributed by atoms with E-state index in [-0.39, 0.29) is 30.2 Å². The maximum Gasteiger partial charge on any atom is 0.258 e. The molecule has 0 unspecified atom stereocenters. The van der Waals surface area contributed by atoms with Crippen LogP contribution in [-0.2, 0) is 13.0 Å². The van der Waals surface area contributed by atoms with Gasteiger partial charge in [-0.3, -0.25) is 14.9 Å². The van der Waals surface area contributed by atoms with Crippen LogP contribution in [0.25, 0.3) is 0 Å². The first-order valence-corrected chi connectivity index (χ1v) is 11.5. The molecule has 3 aromatic carbocycles. The Morgan fingerprint density at radius 1 is 0.838 bits per heavy atom. The zero-order valence-electron chi connectivity index (χ0n) is 20.4. The third kappa shape index (κ3) is 6.09. The summed E-state index contributed by atoms with van der Waals surface area (Å²) < 4.78 is 10.8. The number of aromatic nitrogens is 2. The minimum Gasteiger partial charge on any atom is -0.493 e. The van der Waals surface area contributed by atoms with Gasteiger partial charge in [0.25, 0.3) is 11.8 Å². The first kappa shape index (κ1) is 25.3. The molecule has 0 saturated heterocycles. The third-order valence-corrected chi connectivity index (χ3v) is 5.57. The van der Waals surface area contributed by atoms with Crippen molar-refractivity contribution in [3.63, 3.8) is 0 Å². The van der Waals surface area contributed by atoms with Gasteiger partial charge in [-0.1, -0.05) is 36.4 Å². The summed E-state index contributed by atoms with van der Waals surface area (Å²) in [4.78, 5) is 34.3. The molecule has 0 aliphatic heterocycles. The standard InChI is InChI=1S/C28H26N4O5/c1-36-23-15-18(14-22(17-33)24(23)37-2)13-21-16-29-28(32-27(35)20-11-7-4-8-12-20)31-25(21)30-26(34)19-9-5-3-6-10-19/h3-12,14-16,33H,13,17H2,1-2H3,(H2,29,30,31,32,34,35). The number of anilines is 2. The van der Waals surface area contributed by atoms with Crippen molar-refractivity contribution in [2.24, 2.45) is 0 Å². The van der Waals surface area contributed by atoms with Crippen molar-refractivity contribution in [3.05, 3.63) is 107 Å². The van der Waals surface area contributed by atoms with Crippen molar-refractivity contribution < 1.29 is 24.2 Å². The van der Waals surface area contributed by atoms with Crippen molar-refractivity contribution in [3.8, 4) is 11.5 Å². The van der Waals surface area contributed by atoms with E-state index in [4.69, 9.17) is 9.47 Å². The number of carbonyl (C=O) groups excluding carboxylic acids is 2. The van der Waals surface area contributed by atoms with Gasteiger partial charge in [0.2, 0.25) is 5.95 Å². The summed E-state index contributed by atoms with van der Waals surface area (Å²) in [5.41, 5.74) is 2.83. The fourth-order valence-corrected chi connectivity index (χ4v) is 3.78. The lowest BCUT2D eigenvalue weighted by Gasteiger charge is -2.15. The van der Waals surface area contributed by atoms with Crippen molar-refractivity contribution in [1.29, 1.82) is 0 Å². The number of ether oxygens (including phenoxy) is 2. The maximum absolute atomic E-state index is 12.9. The van der Waals surface area contributed by atoms with E-state index in [0.29, 0.717) is 40.2 Å². The number of amides is 2. The predicted molar refractivity (Wildman–Crippen MR) is 139 cm³/mol. The normalized spacial score (nSPS) is 10.5. The second kappa shape index (κ2) is 11.8. The number of methoxy groups -OCH3 is 2. The van der Waals surface area contributed by atoms with Gasteiger partial charge in [0.15, 0.2) is 11.5 Å². The monoisotopic (exact) mass is 498 g/mol. The van der Waals surface area contributed by atoms with E-state index in [1.165, 1.54) is 14.2 Å². The van der Waals surface area contributed by atoms with Crippen LogP contribution in [0, 0.1) is 0 Å². The van der Waals surface area contributed by atoms with Crippen LogP contribution in [0.3, 0.4) is 0 Å². The van der Waals surface area contributed by atoms with Crippen molar-refractivity contribution in [2.45, 2.75) is 13.0 Å². The number of hydrogen-bond donors (Lipinski definition) is 3. The number of aliphatic hydroxyl groups excluding tert-OH is 1. The number of hydrogen-bond acceptors (Lipinski definition) is 7. The molecule has 0 aliphatic carbocycles. The van der Waals surface area contributed by atoms with Gasteiger partial charge in [-0.2, -0.15) is 4.98 Å². The molecule has 0 atom stereocenters. The maximum atomic E-state index is 12.9. The second-order valence-electron chi connectivity index (χ2n) is 8.03. The Kier molecular flexibility index (Phi) is 8.07.